The first-order chi connectivity index (χ1) is 17.0. The van der Waals surface area contributed by atoms with Crippen LogP contribution < -0.4 is 5.32 Å². The number of furan rings is 1. The van der Waals surface area contributed by atoms with Crippen molar-refractivity contribution >= 4 is 32.9 Å². The fourth-order valence-corrected chi connectivity index (χ4v) is 6.23. The lowest BCUT2D eigenvalue weighted by atomic mass is 9.95. The van der Waals surface area contributed by atoms with E-state index in [0.717, 1.165) is 37.5 Å². The van der Waals surface area contributed by atoms with Crippen molar-refractivity contribution in [3.8, 4) is 11.7 Å². The normalized spacial score (nSPS) is 15.0. The molecule has 0 atom stereocenters. The molecule has 1 N–H and O–H groups in total. The highest BCUT2D eigenvalue weighted by Gasteiger charge is 2.31. The highest BCUT2D eigenvalue weighted by Crippen LogP contribution is 2.29. The third-order valence-electron chi connectivity index (χ3n) is 6.30. The molecule has 2 heterocycles. The van der Waals surface area contributed by atoms with Gasteiger partial charge in [-0.05, 0) is 49.2 Å². The van der Waals surface area contributed by atoms with Gasteiger partial charge in [0.15, 0.2) is 5.76 Å². The average molecular weight is 495 g/mol. The van der Waals surface area contributed by atoms with Crippen LogP contribution in [0.5, 0.6) is 0 Å². The van der Waals surface area contributed by atoms with Gasteiger partial charge in [0.25, 0.3) is 11.8 Å². The summed E-state index contributed by atoms with van der Waals surface area (Å²) in [5.41, 5.74) is 0.958. The van der Waals surface area contributed by atoms with Gasteiger partial charge in [-0.15, -0.1) is 5.10 Å². The number of carbonyl (C=O) groups is 1. The minimum atomic E-state index is -3.64. The van der Waals surface area contributed by atoms with Crippen LogP contribution in [-0.4, -0.2) is 41.4 Å². The van der Waals surface area contributed by atoms with Crippen LogP contribution in [0.25, 0.3) is 22.6 Å². The molecule has 5 rings (SSSR count). The molecule has 9 nitrogen and oxygen atoms in total. The Morgan fingerprint density at radius 2 is 1.77 bits per heavy atom. The molecular weight excluding hydrogens is 468 g/mol. The van der Waals surface area contributed by atoms with Gasteiger partial charge in [0, 0.05) is 23.5 Å². The number of rotatable bonds is 7. The zero-order chi connectivity index (χ0) is 24.4. The number of nitrogens with one attached hydrogen (secondary N) is 1. The zero-order valence-corrected chi connectivity index (χ0v) is 20.1. The minimum absolute atomic E-state index is 0.0280. The SMILES string of the molecule is CCN(C1CCCCC1)S(=O)(=O)c1ccc(C(=O)Nc2nnc(-c3cc4ccccc4o3)o2)cc1. The summed E-state index contributed by atoms with van der Waals surface area (Å²) < 4.78 is 39.3. The summed E-state index contributed by atoms with van der Waals surface area (Å²) in [6.45, 7) is 2.28. The Hall–Kier alpha value is -3.50. The van der Waals surface area contributed by atoms with Gasteiger partial charge in [0.1, 0.15) is 5.58 Å². The van der Waals surface area contributed by atoms with Gasteiger partial charge in [0.2, 0.25) is 10.0 Å². The predicted molar refractivity (Wildman–Crippen MR) is 130 cm³/mol. The molecule has 0 spiro atoms. The second-order valence-electron chi connectivity index (χ2n) is 8.54. The second-order valence-corrected chi connectivity index (χ2v) is 10.4. The monoisotopic (exact) mass is 494 g/mol. The molecule has 10 heteroatoms. The molecule has 0 bridgehead atoms. The number of benzene rings is 2. The summed E-state index contributed by atoms with van der Waals surface area (Å²) >= 11 is 0. The molecule has 182 valence electrons. The molecule has 2 aromatic carbocycles. The summed E-state index contributed by atoms with van der Waals surface area (Å²) in [4.78, 5) is 12.8. The van der Waals surface area contributed by atoms with Crippen molar-refractivity contribution in [1.82, 2.24) is 14.5 Å². The Bertz CT molecular complexity index is 1400. The fourth-order valence-electron chi connectivity index (χ4n) is 4.54. The van der Waals surface area contributed by atoms with E-state index in [-0.39, 0.29) is 28.4 Å². The van der Waals surface area contributed by atoms with Crippen molar-refractivity contribution in [3.05, 3.63) is 60.2 Å². The van der Waals surface area contributed by atoms with Crippen LogP contribution in [0.4, 0.5) is 6.01 Å². The smallest absolute Gasteiger partial charge is 0.322 e. The minimum Gasteiger partial charge on any atom is -0.451 e. The number of hydrogen-bond acceptors (Lipinski definition) is 7. The third kappa shape index (κ3) is 4.71. The maximum Gasteiger partial charge on any atom is 0.322 e. The van der Waals surface area contributed by atoms with Gasteiger partial charge in [-0.3, -0.25) is 10.1 Å². The first kappa shape index (κ1) is 23.3. The van der Waals surface area contributed by atoms with Crippen LogP contribution in [-0.2, 0) is 10.0 Å². The molecule has 0 saturated heterocycles. The predicted octanol–water partition coefficient (Wildman–Crippen LogP) is 5.08. The van der Waals surface area contributed by atoms with E-state index in [4.69, 9.17) is 8.83 Å². The van der Waals surface area contributed by atoms with Gasteiger partial charge < -0.3 is 8.83 Å². The van der Waals surface area contributed by atoms with E-state index in [2.05, 4.69) is 15.5 Å². The van der Waals surface area contributed by atoms with Crippen LogP contribution in [0.1, 0.15) is 49.4 Å². The molecule has 0 unspecified atom stereocenters. The number of anilines is 1. The van der Waals surface area contributed by atoms with Crippen molar-refractivity contribution in [2.45, 2.75) is 50.0 Å². The van der Waals surface area contributed by atoms with Crippen molar-refractivity contribution in [2.75, 3.05) is 11.9 Å². The van der Waals surface area contributed by atoms with Gasteiger partial charge in [-0.1, -0.05) is 49.5 Å². The Morgan fingerprint density at radius 3 is 2.49 bits per heavy atom. The van der Waals surface area contributed by atoms with E-state index in [1.54, 1.807) is 10.4 Å². The van der Waals surface area contributed by atoms with Crippen LogP contribution in [0.2, 0.25) is 0 Å². The molecular formula is C25H26N4O5S. The molecule has 1 amide bonds. The van der Waals surface area contributed by atoms with E-state index < -0.39 is 15.9 Å². The van der Waals surface area contributed by atoms with Crippen molar-refractivity contribution in [2.24, 2.45) is 0 Å². The quantitative estimate of drug-likeness (QED) is 0.381. The molecule has 0 radical (unpaired) electrons. The Morgan fingerprint density at radius 1 is 1.03 bits per heavy atom. The van der Waals surface area contributed by atoms with E-state index in [0.29, 0.717) is 17.9 Å². The van der Waals surface area contributed by atoms with E-state index in [9.17, 15) is 13.2 Å². The maximum atomic E-state index is 13.2. The van der Waals surface area contributed by atoms with Gasteiger partial charge >= 0.3 is 6.01 Å². The van der Waals surface area contributed by atoms with Gasteiger partial charge in [-0.25, -0.2) is 8.42 Å². The molecule has 1 aliphatic carbocycles. The van der Waals surface area contributed by atoms with Crippen LogP contribution in [0.15, 0.2) is 68.3 Å². The van der Waals surface area contributed by atoms with Crippen LogP contribution in [0.3, 0.4) is 0 Å². The summed E-state index contributed by atoms with van der Waals surface area (Å²) in [5, 5.41) is 11.2. The second kappa shape index (κ2) is 9.63. The molecule has 0 aliphatic heterocycles. The number of hydrogen-bond donors (Lipinski definition) is 1. The maximum absolute atomic E-state index is 13.2. The summed E-state index contributed by atoms with van der Waals surface area (Å²) in [7, 11) is -3.64. The molecule has 1 saturated carbocycles. The number of aromatic nitrogens is 2. The number of amides is 1. The molecule has 1 aliphatic rings. The number of sulfonamides is 1. The topological polar surface area (TPSA) is 119 Å². The van der Waals surface area contributed by atoms with E-state index in [1.807, 2.05) is 31.2 Å². The lowest BCUT2D eigenvalue weighted by molar-refractivity contribution is 0.102. The Labute approximate surface area is 203 Å². The lowest BCUT2D eigenvalue weighted by Crippen LogP contribution is -2.41. The number of nitrogens with zero attached hydrogens (tertiary/aromatic N) is 3. The van der Waals surface area contributed by atoms with E-state index in [1.165, 1.54) is 24.3 Å². The number of fused-ring (bicyclic) bond motifs is 1. The first-order valence-corrected chi connectivity index (χ1v) is 13.2. The molecule has 1 fully saturated rings. The van der Waals surface area contributed by atoms with Gasteiger partial charge in [0.05, 0.1) is 4.90 Å². The Balaban J connectivity index is 1.28. The molecule has 35 heavy (non-hydrogen) atoms. The van der Waals surface area contributed by atoms with Crippen molar-refractivity contribution in [1.29, 1.82) is 0 Å². The Kier molecular flexibility index (Phi) is 6.40. The first-order valence-electron chi connectivity index (χ1n) is 11.7. The largest absolute Gasteiger partial charge is 0.451 e. The highest BCUT2D eigenvalue weighted by molar-refractivity contribution is 7.89. The molecule has 4 aromatic rings. The number of para-hydroxylation sites is 1. The van der Waals surface area contributed by atoms with E-state index >= 15 is 0 Å². The lowest BCUT2D eigenvalue weighted by Gasteiger charge is -2.32. The fraction of sp³-hybridized carbons (Fsp3) is 0.320. The summed E-state index contributed by atoms with van der Waals surface area (Å²) in [6, 6.07) is 15.1. The summed E-state index contributed by atoms with van der Waals surface area (Å²) in [6.07, 6.45) is 5.01. The number of carbonyl (C=O) groups excluding carboxylic acids is 1. The van der Waals surface area contributed by atoms with Crippen LogP contribution in [0, 0.1) is 0 Å². The molecule has 2 aromatic heterocycles. The third-order valence-corrected chi connectivity index (χ3v) is 8.34. The average Bonchev–Trinajstić information content (AvgIpc) is 3.52. The zero-order valence-electron chi connectivity index (χ0n) is 19.3. The van der Waals surface area contributed by atoms with Crippen molar-refractivity contribution in [3.63, 3.8) is 0 Å². The highest BCUT2D eigenvalue weighted by atomic mass is 32.2. The van der Waals surface area contributed by atoms with Crippen LogP contribution >= 0.6 is 0 Å². The van der Waals surface area contributed by atoms with Gasteiger partial charge in [-0.2, -0.15) is 4.31 Å². The standard InChI is InChI=1S/C25H26N4O5S/c1-2-29(19-9-4-3-5-10-19)35(31,32)20-14-12-17(13-15-20)23(30)26-25-28-27-24(34-25)22-16-18-8-6-7-11-21(18)33-22/h6-8,11-16,19H,2-5,9-10H2,1H3,(H,26,28,30). The van der Waals surface area contributed by atoms with Crippen molar-refractivity contribution < 1.29 is 22.0 Å². The summed E-state index contributed by atoms with van der Waals surface area (Å²) in [5.74, 6) is 0.0425.